The molecule has 0 aromatic heterocycles. The smallest absolute Gasteiger partial charge is 0.416 e. The number of alkyl halides is 5. The van der Waals surface area contributed by atoms with Crippen LogP contribution in [0.5, 0.6) is 0 Å². The van der Waals surface area contributed by atoms with E-state index >= 15 is 0 Å². The quantitative estimate of drug-likeness (QED) is 0.355. The van der Waals surface area contributed by atoms with Gasteiger partial charge >= 0.3 is 18.1 Å². The van der Waals surface area contributed by atoms with Crippen LogP contribution in [0.15, 0.2) is 42.2 Å². The molecular weight excluding hydrogens is 357 g/mol. The van der Waals surface area contributed by atoms with Crippen molar-refractivity contribution in [2.45, 2.75) is 12.1 Å². The van der Waals surface area contributed by atoms with Gasteiger partial charge in [-0.1, -0.05) is 0 Å². The van der Waals surface area contributed by atoms with Crippen molar-refractivity contribution in [1.82, 2.24) is 0 Å². The molecule has 0 atom stereocenters. The summed E-state index contributed by atoms with van der Waals surface area (Å²) < 4.78 is 68.6. The SMILES string of the molecule is O=C(OC1=CC(F)(F)C(=O)C=C1)c1ccc(C(F)(F)F)cc1[N+](=O)[O-]. The normalized spacial score (nSPS) is 16.4. The largest absolute Gasteiger partial charge is 0.423 e. The summed E-state index contributed by atoms with van der Waals surface area (Å²) in [5.74, 6) is -7.80. The minimum absolute atomic E-state index is 0.0170. The maximum Gasteiger partial charge on any atom is 0.416 e. The van der Waals surface area contributed by atoms with Gasteiger partial charge in [-0.25, -0.2) is 4.79 Å². The maximum atomic E-state index is 13.2. The summed E-state index contributed by atoms with van der Waals surface area (Å²) in [6.45, 7) is 0. The van der Waals surface area contributed by atoms with Crippen molar-refractivity contribution >= 4 is 17.4 Å². The fourth-order valence-electron chi connectivity index (χ4n) is 1.82. The summed E-state index contributed by atoms with van der Waals surface area (Å²) in [5.41, 5.74) is -3.44. The first-order valence-electron chi connectivity index (χ1n) is 6.33. The molecule has 1 aromatic rings. The topological polar surface area (TPSA) is 86.5 Å². The number of hydrogen-bond acceptors (Lipinski definition) is 5. The molecule has 1 aromatic carbocycles. The number of benzene rings is 1. The van der Waals surface area contributed by atoms with Crippen molar-refractivity contribution in [2.24, 2.45) is 0 Å². The van der Waals surface area contributed by atoms with Crippen molar-refractivity contribution in [1.29, 1.82) is 0 Å². The van der Waals surface area contributed by atoms with Crippen molar-refractivity contribution in [3.63, 3.8) is 0 Å². The van der Waals surface area contributed by atoms with Crippen molar-refractivity contribution in [3.8, 4) is 0 Å². The van der Waals surface area contributed by atoms with Gasteiger partial charge < -0.3 is 4.74 Å². The molecule has 6 nitrogen and oxygen atoms in total. The summed E-state index contributed by atoms with van der Waals surface area (Å²) in [5, 5.41) is 10.9. The third-order valence-electron chi connectivity index (χ3n) is 3.00. The summed E-state index contributed by atoms with van der Waals surface area (Å²) in [7, 11) is 0. The highest BCUT2D eigenvalue weighted by Gasteiger charge is 2.38. The highest BCUT2D eigenvalue weighted by molar-refractivity contribution is 5.99. The van der Waals surface area contributed by atoms with E-state index < -0.39 is 51.3 Å². The van der Waals surface area contributed by atoms with Crippen molar-refractivity contribution < 1.29 is 41.2 Å². The first-order chi connectivity index (χ1) is 11.4. The van der Waals surface area contributed by atoms with Crippen LogP contribution >= 0.6 is 0 Å². The zero-order valence-electron chi connectivity index (χ0n) is 11.8. The standard InChI is InChI=1S/C14H6F5NO5/c15-13(16)6-8(2-4-11(13)21)25-12(22)9-3-1-7(14(17,18)19)5-10(9)20(23)24/h1-6H. The maximum absolute atomic E-state index is 13.2. The molecule has 0 fully saturated rings. The molecule has 25 heavy (non-hydrogen) atoms. The van der Waals surface area contributed by atoms with Gasteiger partial charge in [0.25, 0.3) is 5.69 Å². The Morgan fingerprint density at radius 1 is 1.20 bits per heavy atom. The second-order valence-corrected chi connectivity index (χ2v) is 4.74. The van der Waals surface area contributed by atoms with E-state index in [4.69, 9.17) is 0 Å². The zero-order valence-corrected chi connectivity index (χ0v) is 11.8. The molecule has 1 aliphatic rings. The van der Waals surface area contributed by atoms with Crippen LogP contribution < -0.4 is 0 Å². The summed E-state index contributed by atoms with van der Waals surface area (Å²) >= 11 is 0. The number of halogens is 5. The van der Waals surface area contributed by atoms with Crippen LogP contribution in [0.2, 0.25) is 0 Å². The molecule has 0 radical (unpaired) electrons. The lowest BCUT2D eigenvalue weighted by Crippen LogP contribution is -2.27. The highest BCUT2D eigenvalue weighted by Crippen LogP contribution is 2.33. The number of hydrogen-bond donors (Lipinski definition) is 0. The molecule has 0 N–H and O–H groups in total. The Morgan fingerprint density at radius 2 is 1.84 bits per heavy atom. The highest BCUT2D eigenvalue weighted by atomic mass is 19.4. The molecule has 0 heterocycles. The summed E-state index contributed by atoms with van der Waals surface area (Å²) in [6, 6.07) is 1.03. The Balaban J connectivity index is 2.36. The van der Waals surface area contributed by atoms with Gasteiger partial charge in [-0.2, -0.15) is 22.0 Å². The number of ketones is 1. The minimum Gasteiger partial charge on any atom is -0.423 e. The number of rotatable bonds is 3. The number of nitro benzene ring substituents is 1. The van der Waals surface area contributed by atoms with Gasteiger partial charge in [-0.05, 0) is 24.3 Å². The Labute approximate surface area is 135 Å². The van der Waals surface area contributed by atoms with E-state index in [9.17, 15) is 41.7 Å². The van der Waals surface area contributed by atoms with Gasteiger partial charge in [0, 0.05) is 12.1 Å². The third-order valence-corrected chi connectivity index (χ3v) is 3.00. The van der Waals surface area contributed by atoms with E-state index in [-0.39, 0.29) is 12.1 Å². The fraction of sp³-hybridized carbons (Fsp3) is 0.143. The lowest BCUT2D eigenvalue weighted by Gasteiger charge is -2.14. The van der Waals surface area contributed by atoms with Gasteiger partial charge in [0.05, 0.1) is 10.5 Å². The van der Waals surface area contributed by atoms with E-state index in [1.807, 2.05) is 0 Å². The second-order valence-electron chi connectivity index (χ2n) is 4.74. The number of ether oxygens (including phenoxy) is 1. The summed E-state index contributed by atoms with van der Waals surface area (Å²) in [4.78, 5) is 32.4. The molecule has 0 aliphatic heterocycles. The number of carbonyl (C=O) groups excluding carboxylic acids is 2. The lowest BCUT2D eigenvalue weighted by molar-refractivity contribution is -0.385. The molecule has 11 heteroatoms. The lowest BCUT2D eigenvalue weighted by atomic mass is 10.1. The van der Waals surface area contributed by atoms with E-state index in [0.717, 1.165) is 6.08 Å². The predicted octanol–water partition coefficient (Wildman–Crippen LogP) is 3.43. The molecule has 0 amide bonds. The van der Waals surface area contributed by atoms with Crippen LogP contribution in [-0.2, 0) is 15.7 Å². The molecule has 0 saturated heterocycles. The first kappa shape index (κ1) is 18.2. The average molecular weight is 363 g/mol. The Kier molecular flexibility index (Phi) is 4.43. The molecule has 0 saturated carbocycles. The van der Waals surface area contributed by atoms with E-state index in [2.05, 4.69) is 4.74 Å². The number of esters is 1. The second kappa shape index (κ2) is 6.07. The molecular formula is C14H6F5NO5. The van der Waals surface area contributed by atoms with Crippen molar-refractivity contribution in [2.75, 3.05) is 0 Å². The third kappa shape index (κ3) is 3.87. The Hall–Kier alpha value is -3.11. The van der Waals surface area contributed by atoms with Crippen LogP contribution in [0.25, 0.3) is 0 Å². The number of nitro groups is 1. The van der Waals surface area contributed by atoms with E-state index in [1.165, 1.54) is 0 Å². The number of allylic oxidation sites excluding steroid dienone is 3. The average Bonchev–Trinajstić information content (AvgIpc) is 2.49. The molecule has 132 valence electrons. The molecule has 0 bridgehead atoms. The van der Waals surface area contributed by atoms with Crippen LogP contribution in [0, 0.1) is 10.1 Å². The van der Waals surface area contributed by atoms with Gasteiger partial charge in [0.1, 0.15) is 11.3 Å². The van der Waals surface area contributed by atoms with Crippen molar-refractivity contribution in [3.05, 3.63) is 63.4 Å². The molecule has 0 spiro atoms. The number of carbonyl (C=O) groups is 2. The fourth-order valence-corrected chi connectivity index (χ4v) is 1.82. The summed E-state index contributed by atoms with van der Waals surface area (Å²) in [6.07, 6.45) is -3.70. The van der Waals surface area contributed by atoms with Crippen LogP contribution in [-0.4, -0.2) is 22.6 Å². The van der Waals surface area contributed by atoms with Crippen LogP contribution in [0.1, 0.15) is 15.9 Å². The van der Waals surface area contributed by atoms with E-state index in [1.54, 1.807) is 0 Å². The molecule has 1 aliphatic carbocycles. The van der Waals surface area contributed by atoms with E-state index in [0.29, 0.717) is 18.2 Å². The Morgan fingerprint density at radius 3 is 2.36 bits per heavy atom. The minimum atomic E-state index is -4.88. The van der Waals surface area contributed by atoms with Gasteiger partial charge in [-0.3, -0.25) is 14.9 Å². The monoisotopic (exact) mass is 363 g/mol. The van der Waals surface area contributed by atoms with Crippen LogP contribution in [0.3, 0.4) is 0 Å². The first-order valence-corrected chi connectivity index (χ1v) is 6.33. The molecule has 0 unspecified atom stereocenters. The predicted molar refractivity (Wildman–Crippen MR) is 70.7 cm³/mol. The van der Waals surface area contributed by atoms with Gasteiger partial charge in [0.15, 0.2) is 0 Å². The molecule has 2 rings (SSSR count). The van der Waals surface area contributed by atoms with Gasteiger partial charge in [-0.15, -0.1) is 0 Å². The van der Waals surface area contributed by atoms with Gasteiger partial charge in [0.2, 0.25) is 5.78 Å². The van der Waals surface area contributed by atoms with Crippen LogP contribution in [0.4, 0.5) is 27.6 Å². The Bertz CT molecular complexity index is 825. The zero-order chi connectivity index (χ0) is 19.0. The number of nitrogens with zero attached hydrogens (tertiary/aromatic N) is 1.